The van der Waals surface area contributed by atoms with Crippen LogP contribution in [0.15, 0.2) is 36.4 Å². The molecule has 0 radical (unpaired) electrons. The lowest BCUT2D eigenvalue weighted by molar-refractivity contribution is -0.143. The van der Waals surface area contributed by atoms with E-state index < -0.39 is 5.97 Å². The Morgan fingerprint density at radius 1 is 1.32 bits per heavy atom. The lowest BCUT2D eigenvalue weighted by atomic mass is 10.2. The minimum absolute atomic E-state index is 0.00738. The lowest BCUT2D eigenvalue weighted by Crippen LogP contribution is -2.33. The number of rotatable bonds is 6. The number of hydrogen-bond acceptors (Lipinski definition) is 4. The summed E-state index contributed by atoms with van der Waals surface area (Å²) in [6.45, 7) is 5.13. The first-order chi connectivity index (χ1) is 11.9. The van der Waals surface area contributed by atoms with Crippen molar-refractivity contribution in [1.29, 1.82) is 0 Å². The molecule has 132 valence electrons. The molecule has 1 N–H and O–H groups in total. The van der Waals surface area contributed by atoms with E-state index in [1.165, 1.54) is 12.2 Å². The molecule has 0 saturated heterocycles. The molecule has 1 heterocycles. The van der Waals surface area contributed by atoms with E-state index in [2.05, 4.69) is 10.4 Å². The number of aromatic nitrogens is 2. The van der Waals surface area contributed by atoms with Crippen molar-refractivity contribution in [2.75, 3.05) is 6.61 Å². The van der Waals surface area contributed by atoms with E-state index in [0.29, 0.717) is 16.4 Å². The number of esters is 1. The van der Waals surface area contributed by atoms with Gasteiger partial charge in [-0.15, -0.1) is 0 Å². The van der Waals surface area contributed by atoms with Crippen molar-refractivity contribution in [2.45, 2.75) is 26.8 Å². The van der Waals surface area contributed by atoms with Gasteiger partial charge >= 0.3 is 5.97 Å². The third kappa shape index (κ3) is 5.19. The zero-order valence-electron chi connectivity index (χ0n) is 14.3. The number of carbonyl (C=O) groups excluding carboxylic acids is 2. The average molecular weight is 362 g/mol. The Balaban J connectivity index is 2.05. The van der Waals surface area contributed by atoms with E-state index in [0.717, 1.165) is 5.69 Å². The predicted octanol–water partition coefficient (Wildman–Crippen LogP) is 2.92. The van der Waals surface area contributed by atoms with Gasteiger partial charge in [0, 0.05) is 17.7 Å². The summed E-state index contributed by atoms with van der Waals surface area (Å²) in [6.07, 6.45) is 2.76. The molecule has 0 saturated carbocycles. The van der Waals surface area contributed by atoms with E-state index in [1.54, 1.807) is 11.6 Å². The molecule has 0 spiro atoms. The topological polar surface area (TPSA) is 73.2 Å². The molecule has 0 bridgehead atoms. The van der Waals surface area contributed by atoms with Crippen LogP contribution >= 0.6 is 11.6 Å². The highest BCUT2D eigenvalue weighted by Crippen LogP contribution is 2.24. The second-order valence-corrected chi connectivity index (χ2v) is 6.06. The molecule has 25 heavy (non-hydrogen) atoms. The van der Waals surface area contributed by atoms with Gasteiger partial charge in [0.15, 0.2) is 6.61 Å². The van der Waals surface area contributed by atoms with Crippen LogP contribution in [0.1, 0.15) is 25.1 Å². The van der Waals surface area contributed by atoms with Gasteiger partial charge in [0.05, 0.1) is 11.4 Å². The monoisotopic (exact) mass is 361 g/mol. The second kappa shape index (κ2) is 8.48. The summed E-state index contributed by atoms with van der Waals surface area (Å²) in [5.41, 5.74) is 2.12. The summed E-state index contributed by atoms with van der Waals surface area (Å²) < 4.78 is 6.48. The van der Waals surface area contributed by atoms with Crippen molar-refractivity contribution in [2.24, 2.45) is 0 Å². The molecule has 0 aliphatic carbocycles. The number of nitrogens with zero attached hydrogens (tertiary/aromatic N) is 2. The fourth-order valence-electron chi connectivity index (χ4n) is 2.14. The Kier molecular flexibility index (Phi) is 6.36. The summed E-state index contributed by atoms with van der Waals surface area (Å²) in [7, 11) is 0. The van der Waals surface area contributed by atoms with E-state index in [9.17, 15) is 9.59 Å². The van der Waals surface area contributed by atoms with Crippen LogP contribution in [-0.2, 0) is 14.3 Å². The molecule has 0 aliphatic rings. The van der Waals surface area contributed by atoms with Gasteiger partial charge in [0.25, 0.3) is 5.91 Å². The van der Waals surface area contributed by atoms with Crippen LogP contribution in [0.3, 0.4) is 0 Å². The van der Waals surface area contributed by atoms with Gasteiger partial charge in [-0.25, -0.2) is 9.48 Å². The van der Waals surface area contributed by atoms with Gasteiger partial charge < -0.3 is 10.1 Å². The van der Waals surface area contributed by atoms with Crippen LogP contribution in [0.5, 0.6) is 0 Å². The lowest BCUT2D eigenvalue weighted by Gasteiger charge is -2.07. The Morgan fingerprint density at radius 2 is 2.00 bits per heavy atom. The van der Waals surface area contributed by atoms with E-state index in [-0.39, 0.29) is 18.6 Å². The number of para-hydroxylation sites is 1. The highest BCUT2D eigenvalue weighted by Gasteiger charge is 2.13. The summed E-state index contributed by atoms with van der Waals surface area (Å²) >= 11 is 6.37. The van der Waals surface area contributed by atoms with Gasteiger partial charge in [-0.1, -0.05) is 29.8 Å². The third-order valence-electron chi connectivity index (χ3n) is 3.23. The Hall–Kier alpha value is -2.60. The zero-order valence-corrected chi connectivity index (χ0v) is 15.1. The third-order valence-corrected chi connectivity index (χ3v) is 3.59. The number of hydrogen-bond donors (Lipinski definition) is 1. The van der Waals surface area contributed by atoms with E-state index in [4.69, 9.17) is 16.3 Å². The molecule has 0 fully saturated rings. The van der Waals surface area contributed by atoms with Crippen molar-refractivity contribution in [1.82, 2.24) is 15.1 Å². The number of aryl methyl sites for hydroxylation is 1. The van der Waals surface area contributed by atoms with Crippen LogP contribution in [0.2, 0.25) is 5.15 Å². The van der Waals surface area contributed by atoms with Gasteiger partial charge in [-0.2, -0.15) is 5.10 Å². The second-order valence-electron chi connectivity index (χ2n) is 5.70. The Morgan fingerprint density at radius 3 is 2.64 bits per heavy atom. The standard InChI is InChI=1S/C18H20ClN3O3/c1-12(2)20-16(23)11-25-17(24)10-9-15-13(3)21-22(18(15)19)14-7-5-4-6-8-14/h4-10,12H,11H2,1-3H3,(H,20,23)/b10-9+. The quantitative estimate of drug-likeness (QED) is 0.634. The van der Waals surface area contributed by atoms with Gasteiger partial charge in [-0.3, -0.25) is 4.79 Å². The maximum atomic E-state index is 11.7. The van der Waals surface area contributed by atoms with E-state index >= 15 is 0 Å². The summed E-state index contributed by atoms with van der Waals surface area (Å²) in [5.74, 6) is -0.968. The van der Waals surface area contributed by atoms with Gasteiger partial charge in [0.2, 0.25) is 0 Å². The SMILES string of the molecule is Cc1nn(-c2ccccc2)c(Cl)c1/C=C/C(=O)OCC(=O)NC(C)C. The molecule has 2 aromatic rings. The minimum Gasteiger partial charge on any atom is -0.452 e. The van der Waals surface area contributed by atoms with Gasteiger partial charge in [-0.05, 0) is 39.0 Å². The number of benzene rings is 1. The molecule has 1 aromatic heterocycles. The van der Waals surface area contributed by atoms with Crippen LogP contribution in [0, 0.1) is 6.92 Å². The fourth-order valence-corrected chi connectivity index (χ4v) is 2.48. The first-order valence-corrected chi connectivity index (χ1v) is 8.21. The van der Waals surface area contributed by atoms with Crippen LogP contribution in [0.4, 0.5) is 0 Å². The maximum absolute atomic E-state index is 11.7. The molecule has 0 atom stereocenters. The highest BCUT2D eigenvalue weighted by atomic mass is 35.5. The van der Waals surface area contributed by atoms with Crippen molar-refractivity contribution >= 4 is 29.6 Å². The van der Waals surface area contributed by atoms with Crippen molar-refractivity contribution in [3.8, 4) is 5.69 Å². The molecule has 2 rings (SSSR count). The van der Waals surface area contributed by atoms with Crippen molar-refractivity contribution < 1.29 is 14.3 Å². The normalized spacial score (nSPS) is 11.1. The Bertz CT molecular complexity index is 782. The minimum atomic E-state index is -0.623. The first kappa shape index (κ1) is 18.7. The predicted molar refractivity (Wildman–Crippen MR) is 96.6 cm³/mol. The van der Waals surface area contributed by atoms with Crippen LogP contribution < -0.4 is 5.32 Å². The number of carbonyl (C=O) groups is 2. The Labute approximate surface area is 151 Å². The molecule has 0 unspecified atom stereocenters. The molecule has 7 heteroatoms. The van der Waals surface area contributed by atoms with Crippen molar-refractivity contribution in [3.63, 3.8) is 0 Å². The smallest absolute Gasteiger partial charge is 0.331 e. The molecular weight excluding hydrogens is 342 g/mol. The number of halogens is 1. The average Bonchev–Trinajstić information content (AvgIpc) is 2.85. The zero-order chi connectivity index (χ0) is 18.4. The number of nitrogens with one attached hydrogen (secondary N) is 1. The molecule has 1 aromatic carbocycles. The first-order valence-electron chi connectivity index (χ1n) is 7.83. The molecule has 1 amide bonds. The largest absolute Gasteiger partial charge is 0.452 e. The summed E-state index contributed by atoms with van der Waals surface area (Å²) in [4.78, 5) is 23.2. The van der Waals surface area contributed by atoms with Gasteiger partial charge in [0.1, 0.15) is 5.15 Å². The fraction of sp³-hybridized carbons (Fsp3) is 0.278. The van der Waals surface area contributed by atoms with Crippen LogP contribution in [-0.4, -0.2) is 34.3 Å². The number of amides is 1. The van der Waals surface area contributed by atoms with Crippen molar-refractivity contribution in [3.05, 3.63) is 52.8 Å². The summed E-state index contributed by atoms with van der Waals surface area (Å²) in [5, 5.41) is 7.41. The van der Waals surface area contributed by atoms with E-state index in [1.807, 2.05) is 44.2 Å². The number of ether oxygens (including phenoxy) is 1. The van der Waals surface area contributed by atoms with Crippen LogP contribution in [0.25, 0.3) is 11.8 Å². The molecule has 0 aliphatic heterocycles. The molecule has 6 nitrogen and oxygen atoms in total. The highest BCUT2D eigenvalue weighted by molar-refractivity contribution is 6.31. The summed E-state index contributed by atoms with van der Waals surface area (Å²) in [6, 6.07) is 9.43. The molecular formula is C18H20ClN3O3. The maximum Gasteiger partial charge on any atom is 0.331 e.